The Morgan fingerprint density at radius 3 is 1.26 bits per heavy atom. The molecule has 4 heteroatoms. The summed E-state index contributed by atoms with van der Waals surface area (Å²) in [5, 5.41) is 0. The predicted octanol–water partition coefficient (Wildman–Crippen LogP) is 5.95. The average Bonchev–Trinajstić information content (AvgIpc) is 2.84. The quantitative estimate of drug-likeness (QED) is 0.355. The fourth-order valence-electron chi connectivity index (χ4n) is 3.15. The molecule has 0 fully saturated rings. The molecule has 0 atom stereocenters. The zero-order valence-corrected chi connectivity index (χ0v) is 16.9. The molecule has 0 spiro atoms. The first-order valence-corrected chi connectivity index (χ1v) is 9.80. The zero-order valence-electron chi connectivity index (χ0n) is 16.9. The molecule has 0 N–H and O–H groups in total. The summed E-state index contributed by atoms with van der Waals surface area (Å²) < 4.78 is 10.9. The summed E-state index contributed by atoms with van der Waals surface area (Å²) in [7, 11) is 1.58. The smallest absolute Gasteiger partial charge is 0.193 e. The number of hydrogen-bond donors (Lipinski definition) is 0. The maximum atomic E-state index is 12.8. The topological polar surface area (TPSA) is 52.6 Å². The molecule has 152 valence electrons. The number of rotatable bonds is 7. The van der Waals surface area contributed by atoms with Gasteiger partial charge in [0.15, 0.2) is 11.6 Å². The summed E-state index contributed by atoms with van der Waals surface area (Å²) >= 11 is 0. The number of hydrogen-bond acceptors (Lipinski definition) is 4. The van der Waals surface area contributed by atoms with Crippen molar-refractivity contribution in [2.24, 2.45) is 0 Å². The van der Waals surface area contributed by atoms with E-state index in [1.165, 1.54) is 0 Å². The van der Waals surface area contributed by atoms with Crippen molar-refractivity contribution in [2.75, 3.05) is 7.11 Å². The third-order valence-electron chi connectivity index (χ3n) is 4.86. The van der Waals surface area contributed by atoms with Gasteiger partial charge in [0.25, 0.3) is 0 Å². The lowest BCUT2D eigenvalue weighted by Gasteiger charge is -2.07. The molecule has 0 amide bonds. The molecular formula is C27H20O4. The summed E-state index contributed by atoms with van der Waals surface area (Å²) in [5.41, 5.74) is 2.15. The number of para-hydroxylation sites is 1. The SMILES string of the molecule is COc1ccc(C(=O)c2ccc(C(=O)c3ccc(Oc4ccccc4)cc3)cc2)cc1. The standard InChI is InChI=1S/C27H20O4/c1-30-23-15-11-21(12-16-23)26(28)19-7-9-20(10-8-19)27(29)22-13-17-25(18-14-22)31-24-5-3-2-4-6-24/h2-18H,1H3. The van der Waals surface area contributed by atoms with Gasteiger partial charge in [0.1, 0.15) is 17.2 Å². The van der Waals surface area contributed by atoms with Gasteiger partial charge < -0.3 is 9.47 Å². The molecule has 0 saturated heterocycles. The second kappa shape index (κ2) is 9.09. The van der Waals surface area contributed by atoms with Crippen LogP contribution in [-0.2, 0) is 0 Å². The van der Waals surface area contributed by atoms with Gasteiger partial charge in [0.2, 0.25) is 0 Å². The van der Waals surface area contributed by atoms with Crippen LogP contribution in [0.1, 0.15) is 31.8 Å². The van der Waals surface area contributed by atoms with Crippen molar-refractivity contribution in [3.8, 4) is 17.2 Å². The van der Waals surface area contributed by atoms with Crippen molar-refractivity contribution in [3.05, 3.63) is 125 Å². The molecule has 4 aromatic carbocycles. The Balaban J connectivity index is 1.45. The lowest BCUT2D eigenvalue weighted by molar-refractivity contribution is 0.102. The van der Waals surface area contributed by atoms with Crippen LogP contribution in [0.5, 0.6) is 17.2 Å². The van der Waals surface area contributed by atoms with E-state index in [4.69, 9.17) is 9.47 Å². The fraction of sp³-hybridized carbons (Fsp3) is 0.0370. The summed E-state index contributed by atoms with van der Waals surface area (Å²) in [6.45, 7) is 0. The van der Waals surface area contributed by atoms with Crippen LogP contribution in [0.2, 0.25) is 0 Å². The first kappa shape index (κ1) is 20.1. The van der Waals surface area contributed by atoms with Gasteiger partial charge in [0, 0.05) is 22.3 Å². The van der Waals surface area contributed by atoms with Gasteiger partial charge in [-0.3, -0.25) is 9.59 Å². The van der Waals surface area contributed by atoms with Crippen molar-refractivity contribution in [1.82, 2.24) is 0 Å². The molecule has 0 saturated carbocycles. The molecule has 0 unspecified atom stereocenters. The highest BCUT2D eigenvalue weighted by atomic mass is 16.5. The van der Waals surface area contributed by atoms with E-state index in [2.05, 4.69) is 0 Å². The number of ether oxygens (including phenoxy) is 2. The largest absolute Gasteiger partial charge is 0.497 e. The maximum Gasteiger partial charge on any atom is 0.193 e. The van der Waals surface area contributed by atoms with E-state index >= 15 is 0 Å². The first-order valence-electron chi connectivity index (χ1n) is 9.80. The molecule has 4 nitrogen and oxygen atoms in total. The van der Waals surface area contributed by atoms with Crippen LogP contribution in [0.4, 0.5) is 0 Å². The van der Waals surface area contributed by atoms with E-state index in [-0.39, 0.29) is 11.6 Å². The van der Waals surface area contributed by atoms with E-state index in [1.54, 1.807) is 79.9 Å². The normalized spacial score (nSPS) is 10.4. The fourth-order valence-corrected chi connectivity index (χ4v) is 3.15. The number of carbonyl (C=O) groups excluding carboxylic acids is 2. The van der Waals surface area contributed by atoms with Gasteiger partial charge in [-0.05, 0) is 60.7 Å². The second-order valence-electron chi connectivity index (χ2n) is 6.90. The molecule has 4 rings (SSSR count). The molecule has 0 aliphatic heterocycles. The lowest BCUT2D eigenvalue weighted by Crippen LogP contribution is -2.04. The van der Waals surface area contributed by atoms with Crippen molar-refractivity contribution >= 4 is 11.6 Å². The van der Waals surface area contributed by atoms with Crippen LogP contribution < -0.4 is 9.47 Å². The van der Waals surface area contributed by atoms with Crippen LogP contribution in [0.3, 0.4) is 0 Å². The van der Waals surface area contributed by atoms with Gasteiger partial charge >= 0.3 is 0 Å². The van der Waals surface area contributed by atoms with Gasteiger partial charge in [-0.15, -0.1) is 0 Å². The van der Waals surface area contributed by atoms with Crippen molar-refractivity contribution in [2.45, 2.75) is 0 Å². The highest BCUT2D eigenvalue weighted by Gasteiger charge is 2.13. The molecule has 0 radical (unpaired) electrons. The van der Waals surface area contributed by atoms with Gasteiger partial charge in [0.05, 0.1) is 7.11 Å². The van der Waals surface area contributed by atoms with Gasteiger partial charge in [-0.2, -0.15) is 0 Å². The number of methoxy groups -OCH3 is 1. The Hall–Kier alpha value is -4.18. The van der Waals surface area contributed by atoms with Crippen LogP contribution >= 0.6 is 0 Å². The highest BCUT2D eigenvalue weighted by Crippen LogP contribution is 2.22. The van der Waals surface area contributed by atoms with Crippen LogP contribution in [0.15, 0.2) is 103 Å². The van der Waals surface area contributed by atoms with Crippen LogP contribution in [-0.4, -0.2) is 18.7 Å². The average molecular weight is 408 g/mol. The highest BCUT2D eigenvalue weighted by molar-refractivity contribution is 6.11. The van der Waals surface area contributed by atoms with Crippen LogP contribution in [0.25, 0.3) is 0 Å². The Kier molecular flexibility index (Phi) is 5.90. The molecule has 0 bridgehead atoms. The predicted molar refractivity (Wildman–Crippen MR) is 119 cm³/mol. The lowest BCUT2D eigenvalue weighted by atomic mass is 9.98. The summed E-state index contributed by atoms with van der Waals surface area (Å²) in [5.74, 6) is 1.86. The Bertz CT molecular complexity index is 1180. The monoisotopic (exact) mass is 408 g/mol. The second-order valence-corrected chi connectivity index (χ2v) is 6.90. The Morgan fingerprint density at radius 2 is 0.839 bits per heavy atom. The Labute approximate surface area is 180 Å². The minimum atomic E-state index is -0.116. The summed E-state index contributed by atoms with van der Waals surface area (Å²) in [4.78, 5) is 25.4. The molecular weight excluding hydrogens is 388 g/mol. The maximum absolute atomic E-state index is 12.8. The first-order chi connectivity index (χ1) is 15.1. The van der Waals surface area contributed by atoms with E-state index < -0.39 is 0 Å². The number of benzene rings is 4. The van der Waals surface area contributed by atoms with E-state index in [0.29, 0.717) is 33.8 Å². The minimum Gasteiger partial charge on any atom is -0.497 e. The summed E-state index contributed by atoms with van der Waals surface area (Å²) in [6.07, 6.45) is 0. The summed E-state index contributed by atoms with van der Waals surface area (Å²) in [6, 6.07) is 30.1. The van der Waals surface area contributed by atoms with Gasteiger partial charge in [-0.1, -0.05) is 42.5 Å². The van der Waals surface area contributed by atoms with E-state index in [0.717, 1.165) is 5.75 Å². The molecule has 0 aliphatic rings. The van der Waals surface area contributed by atoms with Crippen molar-refractivity contribution in [3.63, 3.8) is 0 Å². The number of carbonyl (C=O) groups is 2. The Morgan fingerprint density at radius 1 is 0.484 bits per heavy atom. The zero-order chi connectivity index (χ0) is 21.6. The third kappa shape index (κ3) is 4.70. The molecule has 0 aliphatic carbocycles. The van der Waals surface area contributed by atoms with E-state index in [1.807, 2.05) is 30.3 Å². The molecule has 0 aromatic heterocycles. The van der Waals surface area contributed by atoms with Crippen molar-refractivity contribution in [1.29, 1.82) is 0 Å². The van der Waals surface area contributed by atoms with Crippen molar-refractivity contribution < 1.29 is 19.1 Å². The molecule has 4 aromatic rings. The molecule has 31 heavy (non-hydrogen) atoms. The molecule has 0 heterocycles. The minimum absolute atomic E-state index is 0.107. The van der Waals surface area contributed by atoms with E-state index in [9.17, 15) is 9.59 Å². The number of ketones is 2. The van der Waals surface area contributed by atoms with Gasteiger partial charge in [-0.25, -0.2) is 0 Å². The third-order valence-corrected chi connectivity index (χ3v) is 4.86. The van der Waals surface area contributed by atoms with Crippen LogP contribution in [0, 0.1) is 0 Å².